The number of anilines is 2. The van der Waals surface area contributed by atoms with Gasteiger partial charge in [0.2, 0.25) is 11.8 Å². The summed E-state index contributed by atoms with van der Waals surface area (Å²) in [5, 5.41) is 9.42. The first-order valence-corrected chi connectivity index (χ1v) is 9.17. The standard InChI is InChI=1S/C19H25N3O2.ClH/c23-18(12-8-9-12)20-14-5-3-6-15(11-14)21-19(24)17-10-13-4-1-2-7-16(13)22-17;/h3,5-6,11-13,16-17,22H,1-2,4,7-10H2,(H,20,23)(H,21,24);1H. The second kappa shape index (κ2) is 7.75. The Hall–Kier alpha value is -1.59. The third-order valence-corrected chi connectivity index (χ3v) is 5.53. The fourth-order valence-electron chi connectivity index (χ4n) is 4.02. The zero-order valence-corrected chi connectivity index (χ0v) is 15.1. The monoisotopic (exact) mass is 363 g/mol. The molecule has 1 aromatic carbocycles. The lowest BCUT2D eigenvalue weighted by molar-refractivity contribution is -0.118. The molecule has 6 heteroatoms. The lowest BCUT2D eigenvalue weighted by Gasteiger charge is -2.24. The van der Waals surface area contributed by atoms with Gasteiger partial charge in [-0.05, 0) is 56.2 Å². The molecule has 3 unspecified atom stereocenters. The van der Waals surface area contributed by atoms with Crippen molar-refractivity contribution in [2.75, 3.05) is 10.6 Å². The summed E-state index contributed by atoms with van der Waals surface area (Å²) in [6.07, 6.45) is 7.90. The van der Waals surface area contributed by atoms with Crippen molar-refractivity contribution in [3.05, 3.63) is 24.3 Å². The minimum atomic E-state index is -0.0946. The first-order valence-electron chi connectivity index (χ1n) is 9.17. The maximum absolute atomic E-state index is 12.5. The summed E-state index contributed by atoms with van der Waals surface area (Å²) in [7, 11) is 0. The van der Waals surface area contributed by atoms with Crippen LogP contribution in [0.25, 0.3) is 0 Å². The van der Waals surface area contributed by atoms with Crippen LogP contribution >= 0.6 is 12.4 Å². The molecule has 3 N–H and O–H groups in total. The molecule has 2 amide bonds. The van der Waals surface area contributed by atoms with Crippen LogP contribution in [0.3, 0.4) is 0 Å². The number of carbonyl (C=O) groups is 2. The van der Waals surface area contributed by atoms with Crippen molar-refractivity contribution in [2.24, 2.45) is 11.8 Å². The predicted octanol–water partition coefficient (Wildman–Crippen LogP) is 3.32. The molecule has 0 radical (unpaired) electrons. The molecule has 0 spiro atoms. The van der Waals surface area contributed by atoms with Gasteiger partial charge in [-0.25, -0.2) is 0 Å². The van der Waals surface area contributed by atoms with Gasteiger partial charge in [0.1, 0.15) is 0 Å². The maximum Gasteiger partial charge on any atom is 0.241 e. The average Bonchev–Trinajstić information content (AvgIpc) is 3.34. The van der Waals surface area contributed by atoms with Crippen molar-refractivity contribution >= 4 is 35.6 Å². The normalized spacial score (nSPS) is 27.8. The van der Waals surface area contributed by atoms with Gasteiger partial charge in [-0.1, -0.05) is 18.9 Å². The number of hydrogen-bond donors (Lipinski definition) is 3. The molecule has 25 heavy (non-hydrogen) atoms. The number of hydrogen-bond acceptors (Lipinski definition) is 3. The van der Waals surface area contributed by atoms with Gasteiger partial charge >= 0.3 is 0 Å². The van der Waals surface area contributed by atoms with E-state index < -0.39 is 0 Å². The average molecular weight is 364 g/mol. The molecule has 3 aliphatic rings. The smallest absolute Gasteiger partial charge is 0.241 e. The van der Waals surface area contributed by atoms with E-state index in [1.54, 1.807) is 0 Å². The van der Waals surface area contributed by atoms with E-state index in [0.29, 0.717) is 12.0 Å². The van der Waals surface area contributed by atoms with E-state index in [1.165, 1.54) is 25.7 Å². The van der Waals surface area contributed by atoms with E-state index in [9.17, 15) is 9.59 Å². The van der Waals surface area contributed by atoms with E-state index in [2.05, 4.69) is 16.0 Å². The summed E-state index contributed by atoms with van der Waals surface area (Å²) >= 11 is 0. The first-order chi connectivity index (χ1) is 11.7. The number of benzene rings is 1. The van der Waals surface area contributed by atoms with Gasteiger partial charge in [0, 0.05) is 23.3 Å². The molecule has 0 aromatic heterocycles. The Morgan fingerprint density at radius 3 is 2.32 bits per heavy atom. The van der Waals surface area contributed by atoms with E-state index >= 15 is 0 Å². The first kappa shape index (κ1) is 18.2. The Morgan fingerprint density at radius 2 is 1.64 bits per heavy atom. The Labute approximate surface area is 154 Å². The highest BCUT2D eigenvalue weighted by Gasteiger charge is 2.38. The van der Waals surface area contributed by atoms with Gasteiger partial charge in [-0.2, -0.15) is 0 Å². The Balaban J connectivity index is 0.00000182. The molecule has 1 aliphatic heterocycles. The van der Waals surface area contributed by atoms with Gasteiger partial charge in [-0.3, -0.25) is 9.59 Å². The maximum atomic E-state index is 12.5. The number of halogens is 1. The fraction of sp³-hybridized carbons (Fsp3) is 0.579. The lowest BCUT2D eigenvalue weighted by Crippen LogP contribution is -2.39. The van der Waals surface area contributed by atoms with Crippen LogP contribution in [0.15, 0.2) is 24.3 Å². The Bertz CT molecular complexity index is 633. The summed E-state index contributed by atoms with van der Waals surface area (Å²) in [5.74, 6) is 0.947. The summed E-state index contributed by atoms with van der Waals surface area (Å²) in [4.78, 5) is 24.4. The van der Waals surface area contributed by atoms with Crippen LogP contribution in [-0.2, 0) is 9.59 Å². The zero-order chi connectivity index (χ0) is 16.5. The molecule has 1 aromatic rings. The van der Waals surface area contributed by atoms with E-state index in [1.807, 2.05) is 24.3 Å². The Morgan fingerprint density at radius 1 is 0.960 bits per heavy atom. The molecule has 136 valence electrons. The fourth-order valence-corrected chi connectivity index (χ4v) is 4.02. The van der Waals surface area contributed by atoms with Crippen LogP contribution in [0.5, 0.6) is 0 Å². The number of fused-ring (bicyclic) bond motifs is 1. The van der Waals surface area contributed by atoms with Crippen molar-refractivity contribution in [2.45, 2.75) is 57.0 Å². The quantitative estimate of drug-likeness (QED) is 0.768. The van der Waals surface area contributed by atoms with Crippen LogP contribution < -0.4 is 16.0 Å². The van der Waals surface area contributed by atoms with Crippen molar-refractivity contribution < 1.29 is 9.59 Å². The van der Waals surface area contributed by atoms with Crippen LogP contribution in [0.4, 0.5) is 11.4 Å². The second-order valence-electron chi connectivity index (χ2n) is 7.44. The molecule has 5 nitrogen and oxygen atoms in total. The lowest BCUT2D eigenvalue weighted by atomic mass is 9.85. The minimum absolute atomic E-state index is 0. The third kappa shape index (κ3) is 4.33. The molecule has 1 heterocycles. The zero-order valence-electron chi connectivity index (χ0n) is 14.3. The van der Waals surface area contributed by atoms with Gasteiger partial charge < -0.3 is 16.0 Å². The van der Waals surface area contributed by atoms with Crippen molar-refractivity contribution in [3.8, 4) is 0 Å². The third-order valence-electron chi connectivity index (χ3n) is 5.53. The predicted molar refractivity (Wildman–Crippen MR) is 101 cm³/mol. The minimum Gasteiger partial charge on any atom is -0.326 e. The molecule has 4 rings (SSSR count). The van der Waals surface area contributed by atoms with Crippen LogP contribution in [0.1, 0.15) is 44.9 Å². The van der Waals surface area contributed by atoms with Gasteiger partial charge in [-0.15, -0.1) is 12.4 Å². The number of carbonyl (C=O) groups excluding carboxylic acids is 2. The van der Waals surface area contributed by atoms with Crippen LogP contribution in [0.2, 0.25) is 0 Å². The molecule has 0 bridgehead atoms. The number of rotatable bonds is 4. The van der Waals surface area contributed by atoms with Crippen molar-refractivity contribution in [3.63, 3.8) is 0 Å². The molecular weight excluding hydrogens is 338 g/mol. The van der Waals surface area contributed by atoms with Gasteiger partial charge in [0.05, 0.1) is 6.04 Å². The molecule has 3 atom stereocenters. The van der Waals surface area contributed by atoms with E-state index in [0.717, 1.165) is 30.6 Å². The summed E-state index contributed by atoms with van der Waals surface area (Å²) in [6, 6.07) is 7.84. The van der Waals surface area contributed by atoms with E-state index in [4.69, 9.17) is 0 Å². The highest BCUT2D eigenvalue weighted by molar-refractivity contribution is 5.97. The molecular formula is C19H26ClN3O2. The summed E-state index contributed by atoms with van der Waals surface area (Å²) < 4.78 is 0. The van der Waals surface area contributed by atoms with Crippen LogP contribution in [-0.4, -0.2) is 23.9 Å². The highest BCUT2D eigenvalue weighted by atomic mass is 35.5. The summed E-state index contributed by atoms with van der Waals surface area (Å²) in [6.45, 7) is 0. The summed E-state index contributed by atoms with van der Waals surface area (Å²) in [5.41, 5.74) is 1.49. The second-order valence-corrected chi connectivity index (χ2v) is 7.44. The topological polar surface area (TPSA) is 70.2 Å². The number of nitrogens with one attached hydrogen (secondary N) is 3. The number of amides is 2. The van der Waals surface area contributed by atoms with Crippen LogP contribution in [0, 0.1) is 11.8 Å². The molecule has 1 saturated heterocycles. The molecule has 3 fully saturated rings. The van der Waals surface area contributed by atoms with Crippen molar-refractivity contribution in [1.29, 1.82) is 0 Å². The SMILES string of the molecule is Cl.O=C(Nc1cccc(NC(=O)C2CC3CCCCC3N2)c1)C1CC1. The molecule has 2 aliphatic carbocycles. The van der Waals surface area contributed by atoms with Gasteiger partial charge in [0.15, 0.2) is 0 Å². The highest BCUT2D eigenvalue weighted by Crippen LogP contribution is 2.33. The van der Waals surface area contributed by atoms with Crippen molar-refractivity contribution in [1.82, 2.24) is 5.32 Å². The molecule has 2 saturated carbocycles. The largest absolute Gasteiger partial charge is 0.326 e. The Kier molecular flexibility index (Phi) is 5.64. The van der Waals surface area contributed by atoms with E-state index in [-0.39, 0.29) is 36.2 Å². The van der Waals surface area contributed by atoms with Gasteiger partial charge in [0.25, 0.3) is 0 Å².